The number of allylic oxidation sites excluding steroid dienone is 4. The van der Waals surface area contributed by atoms with Crippen LogP contribution in [0.1, 0.15) is 11.1 Å². The van der Waals surface area contributed by atoms with Crippen molar-refractivity contribution < 1.29 is 14.2 Å². The predicted octanol–water partition coefficient (Wildman–Crippen LogP) is 4.09. The number of benzene rings is 2. The van der Waals surface area contributed by atoms with Crippen molar-refractivity contribution in [3.05, 3.63) is 112 Å². The Morgan fingerprint density at radius 2 is 1.52 bits per heavy atom. The van der Waals surface area contributed by atoms with Gasteiger partial charge >= 0.3 is 11.6 Å². The zero-order valence-electron chi connectivity index (χ0n) is 15.2. The van der Waals surface area contributed by atoms with Gasteiger partial charge in [0.05, 0.1) is 16.8 Å². The number of H-pyrrole nitrogens is 1. The minimum absolute atomic E-state index is 0.368. The lowest BCUT2D eigenvalue weighted by Gasteiger charge is -1.98. The van der Waals surface area contributed by atoms with Gasteiger partial charge in [-0.2, -0.15) is 0 Å². The van der Waals surface area contributed by atoms with Crippen LogP contribution in [0.3, 0.4) is 0 Å². The third-order valence-corrected chi connectivity index (χ3v) is 4.29. The molecule has 6 heteroatoms. The van der Waals surface area contributed by atoms with Crippen LogP contribution in [-0.2, 0) is 9.63 Å². The fraction of sp³-hybridized carbons (Fsp3) is 0. The van der Waals surface area contributed by atoms with Gasteiger partial charge in [-0.1, -0.05) is 84.0 Å². The SMILES string of the molecule is O=C1ON=C(c2ccccc2)C1=CC=CC=Cc1c(-c2ccccc2)[nH]oc1=O. The number of nitrogens with zero attached hydrogens (tertiary/aromatic N) is 1. The van der Waals surface area contributed by atoms with E-state index in [1.54, 1.807) is 30.4 Å². The molecule has 1 N–H and O–H groups in total. The summed E-state index contributed by atoms with van der Waals surface area (Å²) >= 11 is 0. The summed E-state index contributed by atoms with van der Waals surface area (Å²) in [6, 6.07) is 18.8. The summed E-state index contributed by atoms with van der Waals surface area (Å²) in [4.78, 5) is 28.7. The zero-order chi connectivity index (χ0) is 20.1. The fourth-order valence-corrected chi connectivity index (χ4v) is 2.88. The highest BCUT2D eigenvalue weighted by atomic mass is 16.7. The number of nitrogens with one attached hydrogen (secondary N) is 1. The Balaban J connectivity index is 1.53. The average molecular weight is 384 g/mol. The van der Waals surface area contributed by atoms with Crippen molar-refractivity contribution in [2.45, 2.75) is 0 Å². The summed E-state index contributed by atoms with van der Waals surface area (Å²) < 4.78 is 4.92. The number of carbonyl (C=O) groups excluding carboxylic acids is 1. The molecule has 4 rings (SSSR count). The van der Waals surface area contributed by atoms with E-state index in [-0.39, 0.29) is 0 Å². The van der Waals surface area contributed by atoms with Crippen LogP contribution in [0.4, 0.5) is 0 Å². The normalized spacial score (nSPS) is 15.4. The molecule has 3 aromatic rings. The van der Waals surface area contributed by atoms with Crippen molar-refractivity contribution in [2.24, 2.45) is 5.16 Å². The van der Waals surface area contributed by atoms with Gasteiger partial charge in [-0.25, -0.2) is 14.7 Å². The summed E-state index contributed by atoms with van der Waals surface area (Å²) in [7, 11) is 0. The molecule has 0 saturated heterocycles. The smallest absolute Gasteiger partial charge is 0.338 e. The van der Waals surface area contributed by atoms with Crippen LogP contribution in [0.5, 0.6) is 0 Å². The molecule has 142 valence electrons. The van der Waals surface area contributed by atoms with E-state index in [0.717, 1.165) is 11.1 Å². The lowest BCUT2D eigenvalue weighted by Crippen LogP contribution is -2.06. The molecule has 0 fully saturated rings. The molecule has 0 amide bonds. The first-order chi connectivity index (χ1) is 14.2. The highest BCUT2D eigenvalue weighted by Gasteiger charge is 2.25. The minimum atomic E-state index is -0.505. The van der Waals surface area contributed by atoms with Gasteiger partial charge in [0.25, 0.3) is 0 Å². The van der Waals surface area contributed by atoms with Crippen LogP contribution in [0.15, 0.2) is 105 Å². The Hall–Kier alpha value is -4.19. The molecule has 2 heterocycles. The van der Waals surface area contributed by atoms with Gasteiger partial charge in [0.2, 0.25) is 0 Å². The fourth-order valence-electron chi connectivity index (χ4n) is 2.88. The van der Waals surface area contributed by atoms with E-state index in [4.69, 9.17) is 9.36 Å². The van der Waals surface area contributed by atoms with E-state index < -0.39 is 11.6 Å². The molecule has 0 unspecified atom stereocenters. The molecule has 1 aliphatic heterocycles. The maximum Gasteiger partial charge on any atom is 0.368 e. The number of carbonyl (C=O) groups is 1. The Morgan fingerprint density at radius 1 is 0.828 bits per heavy atom. The van der Waals surface area contributed by atoms with Gasteiger partial charge < -0.3 is 9.36 Å². The Labute approximate surface area is 166 Å². The molecular formula is C23H16N2O4. The molecule has 0 radical (unpaired) electrons. The third kappa shape index (κ3) is 3.91. The van der Waals surface area contributed by atoms with Gasteiger partial charge in [-0.15, -0.1) is 0 Å². The molecule has 1 aromatic heterocycles. The van der Waals surface area contributed by atoms with Crippen molar-refractivity contribution in [1.82, 2.24) is 5.16 Å². The largest absolute Gasteiger partial charge is 0.368 e. The van der Waals surface area contributed by atoms with E-state index in [1.807, 2.05) is 60.7 Å². The van der Waals surface area contributed by atoms with Crippen LogP contribution < -0.4 is 5.63 Å². The van der Waals surface area contributed by atoms with Crippen LogP contribution in [0.25, 0.3) is 17.3 Å². The molecule has 0 saturated carbocycles. The van der Waals surface area contributed by atoms with Crippen LogP contribution in [0.2, 0.25) is 0 Å². The Kier molecular flexibility index (Phi) is 5.16. The van der Waals surface area contributed by atoms with E-state index >= 15 is 0 Å². The second-order valence-corrected chi connectivity index (χ2v) is 6.16. The van der Waals surface area contributed by atoms with E-state index in [0.29, 0.717) is 22.5 Å². The number of aromatic nitrogens is 1. The summed E-state index contributed by atoms with van der Waals surface area (Å²) in [5.74, 6) is -0.505. The van der Waals surface area contributed by atoms with Crippen molar-refractivity contribution in [2.75, 3.05) is 0 Å². The molecule has 0 atom stereocenters. The summed E-state index contributed by atoms with van der Waals surface area (Å²) in [5.41, 5.74) is 3.07. The summed E-state index contributed by atoms with van der Waals surface area (Å²) in [6.45, 7) is 0. The maximum atomic E-state index is 12.0. The number of oxime groups is 1. The van der Waals surface area contributed by atoms with Gasteiger partial charge in [0.1, 0.15) is 5.71 Å². The van der Waals surface area contributed by atoms with Crippen LogP contribution in [-0.4, -0.2) is 16.8 Å². The summed E-state index contributed by atoms with van der Waals surface area (Å²) in [5, 5.41) is 6.51. The standard InChI is InChI=1S/C23H16N2O4/c26-22-18(20(24-28-22)16-10-4-1-5-11-16)14-8-3-9-15-19-21(25-29-23(19)27)17-12-6-2-7-13-17/h1-15,24H. The molecule has 1 aliphatic rings. The second-order valence-electron chi connectivity index (χ2n) is 6.16. The monoisotopic (exact) mass is 384 g/mol. The lowest BCUT2D eigenvalue weighted by atomic mass is 10.0. The molecule has 6 nitrogen and oxygen atoms in total. The molecule has 0 spiro atoms. The first-order valence-corrected chi connectivity index (χ1v) is 8.91. The topological polar surface area (TPSA) is 84.7 Å². The average Bonchev–Trinajstić information content (AvgIpc) is 3.32. The van der Waals surface area contributed by atoms with Gasteiger partial charge in [-0.3, -0.25) is 0 Å². The predicted molar refractivity (Wildman–Crippen MR) is 110 cm³/mol. The van der Waals surface area contributed by atoms with Crippen molar-refractivity contribution in [3.8, 4) is 11.3 Å². The van der Waals surface area contributed by atoms with E-state index in [2.05, 4.69) is 10.3 Å². The van der Waals surface area contributed by atoms with E-state index in [1.165, 1.54) is 0 Å². The quantitative estimate of drug-likeness (QED) is 0.408. The molecule has 0 aliphatic carbocycles. The molecule has 0 bridgehead atoms. The van der Waals surface area contributed by atoms with Crippen molar-refractivity contribution in [1.29, 1.82) is 0 Å². The summed E-state index contributed by atoms with van der Waals surface area (Å²) in [6.07, 6.45) is 8.38. The third-order valence-electron chi connectivity index (χ3n) is 4.29. The number of rotatable bonds is 5. The number of hydrogen-bond donors (Lipinski definition) is 1. The Morgan fingerprint density at radius 3 is 2.24 bits per heavy atom. The van der Waals surface area contributed by atoms with Gasteiger partial charge in [-0.05, 0) is 12.2 Å². The van der Waals surface area contributed by atoms with Crippen LogP contribution >= 0.6 is 0 Å². The van der Waals surface area contributed by atoms with Crippen molar-refractivity contribution >= 4 is 17.8 Å². The highest BCUT2D eigenvalue weighted by Crippen LogP contribution is 2.20. The van der Waals surface area contributed by atoms with E-state index in [9.17, 15) is 9.59 Å². The number of aromatic amines is 1. The molecule has 2 aromatic carbocycles. The van der Waals surface area contributed by atoms with Gasteiger partial charge in [0, 0.05) is 11.1 Å². The molecule has 29 heavy (non-hydrogen) atoms. The minimum Gasteiger partial charge on any atom is -0.338 e. The Bertz CT molecular complexity index is 1200. The maximum absolute atomic E-state index is 12.0. The zero-order valence-corrected chi connectivity index (χ0v) is 15.2. The van der Waals surface area contributed by atoms with Crippen LogP contribution in [0, 0.1) is 0 Å². The van der Waals surface area contributed by atoms with Crippen molar-refractivity contribution in [3.63, 3.8) is 0 Å². The first kappa shape index (κ1) is 18.2. The number of hydrogen-bond acceptors (Lipinski definition) is 5. The second kappa shape index (κ2) is 8.22. The first-order valence-electron chi connectivity index (χ1n) is 8.91. The highest BCUT2D eigenvalue weighted by molar-refractivity contribution is 6.28. The molecular weight excluding hydrogens is 368 g/mol. The lowest BCUT2D eigenvalue weighted by molar-refractivity contribution is -0.136. The van der Waals surface area contributed by atoms with Gasteiger partial charge in [0.15, 0.2) is 0 Å².